The van der Waals surface area contributed by atoms with Gasteiger partial charge >= 0.3 is 0 Å². The van der Waals surface area contributed by atoms with E-state index in [0.29, 0.717) is 23.2 Å². The number of fused-ring (bicyclic) bond motifs is 6. The highest BCUT2D eigenvalue weighted by molar-refractivity contribution is 6.17. The number of hydrogen-bond donors (Lipinski definition) is 0. The molecule has 0 radical (unpaired) electrons. The molecule has 6 nitrogen and oxygen atoms in total. The van der Waals surface area contributed by atoms with E-state index in [2.05, 4.69) is 155 Å². The van der Waals surface area contributed by atoms with Gasteiger partial charge in [-0.25, -0.2) is 4.98 Å². The van der Waals surface area contributed by atoms with E-state index in [-0.39, 0.29) is 0 Å². The van der Waals surface area contributed by atoms with E-state index in [9.17, 15) is 0 Å². The zero-order chi connectivity index (χ0) is 37.7. The lowest BCUT2D eigenvalue weighted by molar-refractivity contribution is 0.669. The van der Waals surface area contributed by atoms with Gasteiger partial charge in [0.25, 0.3) is 0 Å². The Hall–Kier alpha value is -7.83. The topological polar surface area (TPSA) is 60.0 Å². The van der Waals surface area contributed by atoms with Gasteiger partial charge in [-0.15, -0.1) is 0 Å². The highest BCUT2D eigenvalue weighted by Gasteiger charge is 2.25. The maximum atomic E-state index is 6.86. The third-order valence-electron chi connectivity index (χ3n) is 10.7. The number of aromatic nitrogens is 4. The van der Waals surface area contributed by atoms with Gasteiger partial charge in [-0.1, -0.05) is 146 Å². The Kier molecular flexibility index (Phi) is 7.71. The fourth-order valence-corrected chi connectivity index (χ4v) is 8.05. The first kappa shape index (κ1) is 32.6. The van der Waals surface area contributed by atoms with Gasteiger partial charge in [0, 0.05) is 33.1 Å². The van der Waals surface area contributed by atoms with Crippen molar-refractivity contribution in [3.05, 3.63) is 200 Å². The molecule has 57 heavy (non-hydrogen) atoms. The van der Waals surface area contributed by atoms with E-state index >= 15 is 0 Å². The van der Waals surface area contributed by atoms with Crippen LogP contribution < -0.4 is 4.90 Å². The minimum absolute atomic E-state index is 0.523. The predicted octanol–water partition coefficient (Wildman–Crippen LogP) is 13.3. The lowest BCUT2D eigenvalue weighted by Gasteiger charge is -2.26. The van der Waals surface area contributed by atoms with Crippen molar-refractivity contribution in [2.75, 3.05) is 4.90 Å². The molecule has 8 aromatic carbocycles. The lowest BCUT2D eigenvalue weighted by atomic mass is 10.0. The molecule has 0 aliphatic heterocycles. The molecule has 3 heterocycles. The standard InChI is InChI=1S/C51H33N5O/c1-4-16-34(17-5-1)35-28-30-38(31-29-35)55(37-20-8-3-9-21-37)45-33-32-42(48-47(45)41-24-12-15-27-46(41)57-48)50-52-49(36-18-6-2-7-19-36)53-51(54-50)56-43-25-13-10-22-39(43)40-23-11-14-26-44(40)56/h1-33H. The summed E-state index contributed by atoms with van der Waals surface area (Å²) in [7, 11) is 0. The summed E-state index contributed by atoms with van der Waals surface area (Å²) < 4.78 is 9.00. The van der Waals surface area contributed by atoms with Crippen LogP contribution in [0.2, 0.25) is 0 Å². The second-order valence-corrected chi connectivity index (χ2v) is 14.0. The summed E-state index contributed by atoms with van der Waals surface area (Å²) in [6.45, 7) is 0. The monoisotopic (exact) mass is 731 g/mol. The third kappa shape index (κ3) is 5.54. The Bertz CT molecular complexity index is 3170. The second kappa shape index (κ2) is 13.5. The molecular formula is C51H33N5O. The molecule has 0 spiro atoms. The lowest BCUT2D eigenvalue weighted by Crippen LogP contribution is -2.10. The number of rotatable bonds is 7. The Morgan fingerprint density at radius 1 is 0.404 bits per heavy atom. The van der Waals surface area contributed by atoms with Gasteiger partial charge in [0.15, 0.2) is 11.6 Å². The molecule has 0 saturated carbocycles. The maximum Gasteiger partial charge on any atom is 0.238 e. The number of benzene rings is 8. The van der Waals surface area contributed by atoms with Crippen LogP contribution in [0.4, 0.5) is 17.1 Å². The molecule has 0 unspecified atom stereocenters. The molecule has 0 fully saturated rings. The highest BCUT2D eigenvalue weighted by Crippen LogP contribution is 2.46. The molecule has 0 N–H and O–H groups in total. The third-order valence-corrected chi connectivity index (χ3v) is 10.7. The molecule has 0 amide bonds. The first-order valence-corrected chi connectivity index (χ1v) is 19.0. The first-order chi connectivity index (χ1) is 28.3. The zero-order valence-corrected chi connectivity index (χ0v) is 30.7. The van der Waals surface area contributed by atoms with Gasteiger partial charge < -0.3 is 9.32 Å². The van der Waals surface area contributed by atoms with Gasteiger partial charge in [-0.2, -0.15) is 9.97 Å². The predicted molar refractivity (Wildman–Crippen MR) is 232 cm³/mol. The Balaban J connectivity index is 1.16. The van der Waals surface area contributed by atoms with Crippen LogP contribution in [0.3, 0.4) is 0 Å². The largest absolute Gasteiger partial charge is 0.455 e. The van der Waals surface area contributed by atoms with Crippen molar-refractivity contribution in [3.63, 3.8) is 0 Å². The maximum absolute atomic E-state index is 6.86. The van der Waals surface area contributed by atoms with Crippen LogP contribution in [-0.4, -0.2) is 19.5 Å². The normalized spacial score (nSPS) is 11.5. The summed E-state index contributed by atoms with van der Waals surface area (Å²) in [5.74, 6) is 1.64. The van der Waals surface area contributed by atoms with Crippen LogP contribution in [0.15, 0.2) is 205 Å². The average molecular weight is 732 g/mol. The molecule has 3 aromatic heterocycles. The molecule has 6 heteroatoms. The molecule has 268 valence electrons. The molecular weight excluding hydrogens is 699 g/mol. The van der Waals surface area contributed by atoms with Crippen molar-refractivity contribution in [1.82, 2.24) is 19.5 Å². The van der Waals surface area contributed by atoms with E-state index in [0.717, 1.165) is 71.9 Å². The first-order valence-electron chi connectivity index (χ1n) is 19.0. The van der Waals surface area contributed by atoms with Crippen LogP contribution in [0.1, 0.15) is 0 Å². The number of nitrogens with zero attached hydrogens (tertiary/aromatic N) is 5. The molecule has 0 aliphatic rings. The van der Waals surface area contributed by atoms with E-state index in [4.69, 9.17) is 19.4 Å². The van der Waals surface area contributed by atoms with Gasteiger partial charge in [0.1, 0.15) is 11.2 Å². The van der Waals surface area contributed by atoms with E-state index in [1.807, 2.05) is 54.6 Å². The second-order valence-electron chi connectivity index (χ2n) is 14.0. The van der Waals surface area contributed by atoms with E-state index < -0.39 is 0 Å². The highest BCUT2D eigenvalue weighted by atomic mass is 16.3. The molecule has 0 atom stereocenters. The SMILES string of the molecule is c1ccc(-c2ccc(N(c3ccccc3)c3ccc(-c4nc(-c5ccccc5)nc(-n5c6ccccc6c6ccccc65)n4)c4oc5ccccc5c34)cc2)cc1. The zero-order valence-electron chi connectivity index (χ0n) is 30.7. The summed E-state index contributed by atoms with van der Waals surface area (Å²) in [6.07, 6.45) is 0. The smallest absolute Gasteiger partial charge is 0.238 e. The van der Waals surface area contributed by atoms with Crippen LogP contribution in [-0.2, 0) is 0 Å². The van der Waals surface area contributed by atoms with Crippen LogP contribution in [0, 0.1) is 0 Å². The van der Waals surface area contributed by atoms with Crippen LogP contribution in [0.25, 0.3) is 83.6 Å². The summed E-state index contributed by atoms with van der Waals surface area (Å²) in [5, 5.41) is 4.25. The number of anilines is 3. The molecule has 11 rings (SSSR count). The van der Waals surface area contributed by atoms with Crippen LogP contribution in [0.5, 0.6) is 0 Å². The Morgan fingerprint density at radius 2 is 0.930 bits per heavy atom. The molecule has 0 saturated heterocycles. The van der Waals surface area contributed by atoms with Crippen molar-refractivity contribution < 1.29 is 4.42 Å². The van der Waals surface area contributed by atoms with E-state index in [1.165, 1.54) is 5.56 Å². The van der Waals surface area contributed by atoms with Gasteiger partial charge in [0.2, 0.25) is 5.95 Å². The van der Waals surface area contributed by atoms with Crippen LogP contribution >= 0.6 is 0 Å². The quantitative estimate of drug-likeness (QED) is 0.163. The summed E-state index contributed by atoms with van der Waals surface area (Å²) in [6, 6.07) is 69.1. The summed E-state index contributed by atoms with van der Waals surface area (Å²) >= 11 is 0. The average Bonchev–Trinajstić information content (AvgIpc) is 3.84. The minimum Gasteiger partial charge on any atom is -0.455 e. The summed E-state index contributed by atoms with van der Waals surface area (Å²) in [5.41, 5.74) is 10.6. The fourth-order valence-electron chi connectivity index (χ4n) is 8.05. The van der Waals surface area contributed by atoms with Crippen molar-refractivity contribution in [3.8, 4) is 39.9 Å². The molecule has 11 aromatic rings. The Labute approximate surface area is 328 Å². The molecule has 0 aliphatic carbocycles. The van der Waals surface area contributed by atoms with Gasteiger partial charge in [0.05, 0.1) is 27.7 Å². The minimum atomic E-state index is 0.523. The Morgan fingerprint density at radius 3 is 1.61 bits per heavy atom. The van der Waals surface area contributed by atoms with Crippen molar-refractivity contribution in [1.29, 1.82) is 0 Å². The summed E-state index contributed by atoms with van der Waals surface area (Å²) in [4.78, 5) is 17.9. The number of furan rings is 1. The van der Waals surface area contributed by atoms with Gasteiger partial charge in [-0.05, 0) is 65.7 Å². The van der Waals surface area contributed by atoms with Gasteiger partial charge in [-0.3, -0.25) is 4.57 Å². The molecule has 0 bridgehead atoms. The van der Waals surface area contributed by atoms with E-state index in [1.54, 1.807) is 0 Å². The fraction of sp³-hybridized carbons (Fsp3) is 0. The number of hydrogen-bond acceptors (Lipinski definition) is 5. The number of para-hydroxylation sites is 4. The van der Waals surface area contributed by atoms with Crippen molar-refractivity contribution in [2.24, 2.45) is 0 Å². The van der Waals surface area contributed by atoms with Crippen molar-refractivity contribution in [2.45, 2.75) is 0 Å². The van der Waals surface area contributed by atoms with Crippen molar-refractivity contribution >= 4 is 60.8 Å².